The Labute approximate surface area is 271 Å². The molecule has 3 heterocycles. The predicted octanol–water partition coefficient (Wildman–Crippen LogP) is -2.31. The standard InChI is InChI=1S/C28H40F3N5O10S/c29-28(30,31)10-1-2-11-14(5-10)36-4-3-17(11)47-9-42-23-12(33)6-13(34)24(21(23)40)45-27-22(41)25(16(8-37)44-27)46-26-18(35)20(39)19(38)15(7-32)43-26/h1-5,12-13,15-16,18-27,37-41H,6-9,32-35H2/t12-,13+,15+,16+,18-,19-,20-,21-,22+,23+,24-,25+,26-,27-/m0/s1. The second-order valence-electron chi connectivity index (χ2n) is 11.7. The van der Waals surface area contributed by atoms with E-state index in [1.807, 2.05) is 0 Å². The summed E-state index contributed by atoms with van der Waals surface area (Å²) >= 11 is 1.16. The van der Waals surface area contributed by atoms with Gasteiger partial charge >= 0.3 is 6.18 Å². The van der Waals surface area contributed by atoms with Crippen molar-refractivity contribution < 1.29 is 62.4 Å². The van der Waals surface area contributed by atoms with Gasteiger partial charge in [0.25, 0.3) is 0 Å². The number of fused-ring (bicyclic) bond motifs is 1. The van der Waals surface area contributed by atoms with Crippen molar-refractivity contribution in [1.29, 1.82) is 0 Å². The molecule has 1 saturated carbocycles. The topological polar surface area (TPSA) is 264 Å². The number of nitrogens with zero attached hydrogens (tertiary/aromatic N) is 1. The molecule has 19 heteroatoms. The lowest BCUT2D eigenvalue weighted by molar-refractivity contribution is -0.280. The summed E-state index contributed by atoms with van der Waals surface area (Å²) in [5.74, 6) is -0.0471. The predicted molar refractivity (Wildman–Crippen MR) is 158 cm³/mol. The third kappa shape index (κ3) is 7.69. The molecule has 0 spiro atoms. The number of thioether (sulfide) groups is 1. The lowest BCUT2D eigenvalue weighted by Gasteiger charge is -2.43. The second-order valence-corrected chi connectivity index (χ2v) is 12.7. The van der Waals surface area contributed by atoms with Crippen LogP contribution in [0.15, 0.2) is 35.4 Å². The number of benzene rings is 1. The third-order valence-electron chi connectivity index (χ3n) is 8.60. The smallest absolute Gasteiger partial charge is 0.394 e. The maximum absolute atomic E-state index is 13.1. The molecule has 0 bridgehead atoms. The molecule has 2 saturated heterocycles. The molecule has 0 unspecified atom stereocenters. The van der Waals surface area contributed by atoms with Gasteiger partial charge < -0.3 is 72.2 Å². The van der Waals surface area contributed by atoms with Gasteiger partial charge in [0.05, 0.1) is 29.7 Å². The van der Waals surface area contributed by atoms with Crippen LogP contribution in [0.4, 0.5) is 13.2 Å². The first-order chi connectivity index (χ1) is 22.2. The van der Waals surface area contributed by atoms with Crippen LogP contribution < -0.4 is 22.9 Å². The van der Waals surface area contributed by atoms with Crippen molar-refractivity contribution in [2.75, 3.05) is 19.1 Å². The molecule has 264 valence electrons. The van der Waals surface area contributed by atoms with Crippen LogP contribution in [-0.4, -0.2) is 135 Å². The number of aliphatic hydroxyl groups is 5. The number of hydrogen-bond acceptors (Lipinski definition) is 16. The fourth-order valence-electron chi connectivity index (χ4n) is 5.99. The summed E-state index contributed by atoms with van der Waals surface area (Å²) in [5.41, 5.74) is 23.4. The molecule has 0 amide bonds. The Morgan fingerprint density at radius 1 is 0.872 bits per heavy atom. The van der Waals surface area contributed by atoms with E-state index in [0.29, 0.717) is 10.3 Å². The number of alkyl halides is 3. The van der Waals surface area contributed by atoms with Gasteiger partial charge in [-0.15, -0.1) is 0 Å². The van der Waals surface area contributed by atoms with E-state index in [-0.39, 0.29) is 24.4 Å². The number of aromatic nitrogens is 1. The van der Waals surface area contributed by atoms with Crippen LogP contribution in [0.2, 0.25) is 0 Å². The zero-order chi connectivity index (χ0) is 34.2. The number of nitrogens with two attached hydrogens (primary N) is 4. The van der Waals surface area contributed by atoms with Crippen LogP contribution in [0, 0.1) is 0 Å². The van der Waals surface area contributed by atoms with Crippen LogP contribution in [0.25, 0.3) is 10.9 Å². The maximum Gasteiger partial charge on any atom is 0.416 e. The molecule has 2 aromatic rings. The van der Waals surface area contributed by atoms with E-state index in [4.69, 9.17) is 46.6 Å². The van der Waals surface area contributed by atoms with Crippen molar-refractivity contribution in [3.63, 3.8) is 0 Å². The lowest BCUT2D eigenvalue weighted by atomic mass is 9.84. The highest BCUT2D eigenvalue weighted by Gasteiger charge is 2.52. The average Bonchev–Trinajstić information content (AvgIpc) is 3.33. The Hall–Kier alpha value is -1.79. The molecule has 13 N–H and O–H groups in total. The highest BCUT2D eigenvalue weighted by Crippen LogP contribution is 2.36. The average molecular weight is 696 g/mol. The number of hydrogen-bond donors (Lipinski definition) is 9. The van der Waals surface area contributed by atoms with Gasteiger partial charge in [0.1, 0.15) is 54.9 Å². The zero-order valence-corrected chi connectivity index (χ0v) is 25.7. The van der Waals surface area contributed by atoms with E-state index in [1.54, 1.807) is 6.07 Å². The van der Waals surface area contributed by atoms with E-state index in [1.165, 1.54) is 12.3 Å². The maximum atomic E-state index is 13.1. The number of rotatable bonds is 10. The molecule has 2 aliphatic heterocycles. The summed E-state index contributed by atoms with van der Waals surface area (Å²) in [6, 6.07) is 2.12. The van der Waals surface area contributed by atoms with E-state index in [2.05, 4.69) is 4.98 Å². The molecule has 14 atom stereocenters. The number of ether oxygens (including phenoxy) is 5. The molecule has 3 aliphatic rings. The number of pyridine rings is 1. The van der Waals surface area contributed by atoms with Crippen molar-refractivity contribution in [3.05, 3.63) is 36.0 Å². The Balaban J connectivity index is 1.22. The quantitative estimate of drug-likeness (QED) is 0.0934. The van der Waals surface area contributed by atoms with Crippen LogP contribution in [0.3, 0.4) is 0 Å². The summed E-state index contributed by atoms with van der Waals surface area (Å²) in [6.07, 6.45) is -17.1. The van der Waals surface area contributed by atoms with Gasteiger partial charge in [-0.1, -0.05) is 17.8 Å². The molecule has 0 radical (unpaired) electrons. The zero-order valence-electron chi connectivity index (χ0n) is 24.9. The molecular weight excluding hydrogens is 655 g/mol. The molecule has 1 aliphatic carbocycles. The molecule has 5 rings (SSSR count). The molecule has 15 nitrogen and oxygen atoms in total. The minimum absolute atomic E-state index is 0.0471. The lowest BCUT2D eigenvalue weighted by Crippen LogP contribution is -2.64. The van der Waals surface area contributed by atoms with Gasteiger partial charge in [0, 0.05) is 35.1 Å². The Morgan fingerprint density at radius 2 is 1.55 bits per heavy atom. The summed E-state index contributed by atoms with van der Waals surface area (Å²) in [5, 5.41) is 53.1. The van der Waals surface area contributed by atoms with Crippen molar-refractivity contribution in [1.82, 2.24) is 4.98 Å². The molecule has 1 aromatic carbocycles. The summed E-state index contributed by atoms with van der Waals surface area (Å²) in [6.45, 7) is -0.781. The van der Waals surface area contributed by atoms with Gasteiger partial charge in [0.2, 0.25) is 0 Å². The normalized spacial score (nSPS) is 39.8. The monoisotopic (exact) mass is 695 g/mol. The first-order valence-electron chi connectivity index (χ1n) is 14.9. The van der Waals surface area contributed by atoms with E-state index in [9.17, 15) is 38.7 Å². The first kappa shape index (κ1) is 36.5. The van der Waals surface area contributed by atoms with E-state index >= 15 is 0 Å². The minimum Gasteiger partial charge on any atom is -0.394 e. The van der Waals surface area contributed by atoms with Crippen molar-refractivity contribution in [2.24, 2.45) is 22.9 Å². The fraction of sp³-hybridized carbons (Fsp3) is 0.679. The second kappa shape index (κ2) is 15.0. The van der Waals surface area contributed by atoms with Crippen LogP contribution in [0.5, 0.6) is 0 Å². The van der Waals surface area contributed by atoms with E-state index in [0.717, 1.165) is 23.9 Å². The van der Waals surface area contributed by atoms with Crippen LogP contribution >= 0.6 is 11.8 Å². The highest BCUT2D eigenvalue weighted by molar-refractivity contribution is 7.99. The molecule has 47 heavy (non-hydrogen) atoms. The molecule has 1 aromatic heterocycles. The Kier molecular flexibility index (Phi) is 11.6. The Bertz CT molecular complexity index is 1350. The Morgan fingerprint density at radius 3 is 2.23 bits per heavy atom. The number of halogens is 3. The fourth-order valence-corrected chi connectivity index (χ4v) is 6.83. The van der Waals surface area contributed by atoms with Gasteiger partial charge in [-0.3, -0.25) is 4.98 Å². The number of aliphatic hydroxyl groups excluding tert-OH is 5. The van der Waals surface area contributed by atoms with Gasteiger partial charge in [-0.25, -0.2) is 0 Å². The summed E-state index contributed by atoms with van der Waals surface area (Å²) in [4.78, 5) is 4.63. The van der Waals surface area contributed by atoms with Gasteiger partial charge in [0.15, 0.2) is 12.6 Å². The summed E-state index contributed by atoms with van der Waals surface area (Å²) in [7, 11) is 0. The largest absolute Gasteiger partial charge is 0.416 e. The van der Waals surface area contributed by atoms with Crippen molar-refractivity contribution >= 4 is 22.7 Å². The minimum atomic E-state index is -4.51. The first-order valence-corrected chi connectivity index (χ1v) is 15.9. The van der Waals surface area contributed by atoms with Crippen LogP contribution in [0.1, 0.15) is 12.0 Å². The molecular formula is C28H40F3N5O10S. The summed E-state index contributed by atoms with van der Waals surface area (Å²) < 4.78 is 68.4. The van der Waals surface area contributed by atoms with Crippen molar-refractivity contribution in [2.45, 2.75) is 103 Å². The molecule has 3 fully saturated rings. The third-order valence-corrected chi connectivity index (χ3v) is 9.52. The SMILES string of the molecule is NC[C@H]1O[C@@H](O[C@H]2[C@@H](O)[C@H](O[C@@H]3[C@@H](O)[C@H](OCSc4ccnc5cc(C(F)(F)F)ccc45)[C@@H](N)C[C@H]3N)O[C@@H]2CO)[C@@H](N)[C@H](O)[C@H]1O. The highest BCUT2D eigenvalue weighted by atomic mass is 32.2. The van der Waals surface area contributed by atoms with Crippen molar-refractivity contribution in [3.8, 4) is 0 Å². The van der Waals surface area contributed by atoms with Gasteiger partial charge in [-0.2, -0.15) is 13.2 Å². The van der Waals surface area contributed by atoms with E-state index < -0.39 is 104 Å². The van der Waals surface area contributed by atoms with Crippen LogP contribution in [-0.2, 0) is 29.9 Å². The van der Waals surface area contributed by atoms with Gasteiger partial charge in [-0.05, 0) is 24.6 Å².